The van der Waals surface area contributed by atoms with Crippen LogP contribution in [0.25, 0.3) is 0 Å². The smallest absolute Gasteiger partial charge is 0.147 e. The molecule has 0 aromatic rings. The Labute approximate surface area is 54.8 Å². The molecule has 0 unspecified atom stereocenters. The third-order valence-electron chi connectivity index (χ3n) is 0.749. The van der Waals surface area contributed by atoms with E-state index in [4.69, 9.17) is 4.74 Å². The Balaban J connectivity index is 3.70. The van der Waals surface area contributed by atoms with E-state index in [0.717, 1.165) is 0 Å². The van der Waals surface area contributed by atoms with Gasteiger partial charge in [0.1, 0.15) is 12.1 Å². The van der Waals surface area contributed by atoms with Crippen LogP contribution in [0.3, 0.4) is 0 Å². The van der Waals surface area contributed by atoms with Crippen LogP contribution in [0.5, 0.6) is 0 Å². The Morgan fingerprint density at radius 1 is 1.67 bits per heavy atom. The molecule has 9 heavy (non-hydrogen) atoms. The second-order valence-corrected chi connectivity index (χ2v) is 1.44. The average Bonchev–Trinajstić information content (AvgIpc) is 1.88. The first-order valence-corrected chi connectivity index (χ1v) is 2.91. The molecule has 0 amide bonds. The van der Waals surface area contributed by atoms with Gasteiger partial charge in [0.2, 0.25) is 0 Å². The Bertz CT molecular complexity index is 116. The maximum absolute atomic E-state index is 11.7. The number of halogens is 1. The molecule has 0 rings (SSSR count). The predicted molar refractivity (Wildman–Crippen MR) is 35.6 cm³/mol. The Morgan fingerprint density at radius 3 is 2.67 bits per heavy atom. The molecule has 0 aliphatic carbocycles. The summed E-state index contributed by atoms with van der Waals surface area (Å²) >= 11 is 0. The fraction of sp³-hybridized carbons (Fsp3) is 0.429. The monoisotopic (exact) mass is 130 g/mol. The van der Waals surface area contributed by atoms with Crippen LogP contribution in [-0.4, -0.2) is 6.61 Å². The minimum Gasteiger partial charge on any atom is -0.491 e. The van der Waals surface area contributed by atoms with E-state index in [2.05, 4.69) is 0 Å². The first kappa shape index (κ1) is 8.21. The lowest BCUT2D eigenvalue weighted by Gasteiger charge is -1.98. The number of hydrogen-bond acceptors (Lipinski definition) is 1. The SMILES string of the molecule is C/C=C\C(=C\F)OCC. The fourth-order valence-corrected chi connectivity index (χ4v) is 0.447. The molecular weight excluding hydrogens is 119 g/mol. The maximum atomic E-state index is 11.7. The summed E-state index contributed by atoms with van der Waals surface area (Å²) in [4.78, 5) is 0. The minimum atomic E-state index is 0.278. The quantitative estimate of drug-likeness (QED) is 0.421. The van der Waals surface area contributed by atoms with Crippen molar-refractivity contribution >= 4 is 0 Å². The lowest BCUT2D eigenvalue weighted by atomic mass is 10.5. The molecule has 0 N–H and O–H groups in total. The van der Waals surface area contributed by atoms with Crippen molar-refractivity contribution < 1.29 is 9.13 Å². The molecule has 0 aliphatic heterocycles. The highest BCUT2D eigenvalue weighted by atomic mass is 19.1. The van der Waals surface area contributed by atoms with E-state index in [-0.39, 0.29) is 5.76 Å². The van der Waals surface area contributed by atoms with Crippen LogP contribution in [0.2, 0.25) is 0 Å². The Hall–Kier alpha value is -0.790. The molecule has 0 aromatic carbocycles. The summed E-state index contributed by atoms with van der Waals surface area (Å²) in [5.74, 6) is 0.278. The van der Waals surface area contributed by atoms with Gasteiger partial charge in [0.25, 0.3) is 0 Å². The molecule has 0 aliphatic rings. The number of ether oxygens (including phenoxy) is 1. The molecule has 1 nitrogen and oxygen atoms in total. The topological polar surface area (TPSA) is 9.23 Å². The van der Waals surface area contributed by atoms with Crippen LogP contribution in [0.15, 0.2) is 24.2 Å². The van der Waals surface area contributed by atoms with Gasteiger partial charge in [-0.2, -0.15) is 0 Å². The van der Waals surface area contributed by atoms with E-state index < -0.39 is 0 Å². The second-order valence-electron chi connectivity index (χ2n) is 1.44. The lowest BCUT2D eigenvalue weighted by molar-refractivity contribution is 0.236. The van der Waals surface area contributed by atoms with Gasteiger partial charge in [0.05, 0.1) is 6.61 Å². The highest BCUT2D eigenvalue weighted by molar-refractivity contribution is 5.07. The molecule has 0 heterocycles. The molecule has 0 spiro atoms. The first-order valence-electron chi connectivity index (χ1n) is 2.91. The van der Waals surface area contributed by atoms with Gasteiger partial charge in [-0.3, -0.25) is 0 Å². The average molecular weight is 130 g/mol. The second kappa shape index (κ2) is 5.35. The van der Waals surface area contributed by atoms with Gasteiger partial charge in [-0.1, -0.05) is 6.08 Å². The summed E-state index contributed by atoms with van der Waals surface area (Å²) in [5.41, 5.74) is 0. The van der Waals surface area contributed by atoms with Crippen molar-refractivity contribution in [3.8, 4) is 0 Å². The van der Waals surface area contributed by atoms with Crippen molar-refractivity contribution in [2.45, 2.75) is 13.8 Å². The lowest BCUT2D eigenvalue weighted by Crippen LogP contribution is -1.85. The molecule has 0 saturated heterocycles. The molecule has 0 radical (unpaired) electrons. The fourth-order valence-electron chi connectivity index (χ4n) is 0.447. The zero-order chi connectivity index (χ0) is 7.11. The van der Waals surface area contributed by atoms with Crippen molar-refractivity contribution in [1.82, 2.24) is 0 Å². The van der Waals surface area contributed by atoms with Crippen LogP contribution in [0.1, 0.15) is 13.8 Å². The summed E-state index contributed by atoms with van der Waals surface area (Å²) in [6, 6.07) is 0. The van der Waals surface area contributed by atoms with Crippen LogP contribution in [-0.2, 0) is 4.74 Å². The zero-order valence-electron chi connectivity index (χ0n) is 5.73. The highest BCUT2D eigenvalue weighted by Gasteiger charge is 1.86. The molecule has 2 heteroatoms. The summed E-state index contributed by atoms with van der Waals surface area (Å²) in [6.45, 7) is 4.12. The van der Waals surface area contributed by atoms with Gasteiger partial charge in [-0.15, -0.1) is 0 Å². The number of rotatable bonds is 3. The third-order valence-corrected chi connectivity index (χ3v) is 0.749. The van der Waals surface area contributed by atoms with Crippen LogP contribution in [0, 0.1) is 0 Å². The molecular formula is C7H11FO. The molecule has 0 bridgehead atoms. The largest absolute Gasteiger partial charge is 0.491 e. The number of allylic oxidation sites excluding steroid dienone is 2. The minimum absolute atomic E-state index is 0.278. The summed E-state index contributed by atoms with van der Waals surface area (Å²) in [6.07, 6.45) is 3.74. The third kappa shape index (κ3) is 3.76. The molecule has 0 aromatic heterocycles. The zero-order valence-corrected chi connectivity index (χ0v) is 5.73. The summed E-state index contributed by atoms with van der Waals surface area (Å²) in [5, 5.41) is 0. The normalized spacial score (nSPS) is 12.6. The van der Waals surface area contributed by atoms with E-state index in [9.17, 15) is 4.39 Å². The van der Waals surface area contributed by atoms with Crippen LogP contribution in [0.4, 0.5) is 4.39 Å². The Kier molecular flexibility index (Phi) is 4.88. The van der Waals surface area contributed by atoms with Crippen molar-refractivity contribution in [3.05, 3.63) is 24.2 Å². The van der Waals surface area contributed by atoms with Gasteiger partial charge in [0, 0.05) is 0 Å². The van der Waals surface area contributed by atoms with Crippen molar-refractivity contribution in [3.63, 3.8) is 0 Å². The molecule has 0 atom stereocenters. The Morgan fingerprint density at radius 2 is 2.33 bits per heavy atom. The maximum Gasteiger partial charge on any atom is 0.147 e. The van der Waals surface area contributed by atoms with E-state index >= 15 is 0 Å². The highest BCUT2D eigenvalue weighted by Crippen LogP contribution is 1.98. The van der Waals surface area contributed by atoms with Crippen LogP contribution >= 0.6 is 0 Å². The van der Waals surface area contributed by atoms with Gasteiger partial charge < -0.3 is 4.74 Å². The van der Waals surface area contributed by atoms with E-state index in [1.54, 1.807) is 12.2 Å². The van der Waals surface area contributed by atoms with Crippen molar-refractivity contribution in [2.24, 2.45) is 0 Å². The van der Waals surface area contributed by atoms with Gasteiger partial charge >= 0.3 is 0 Å². The standard InChI is InChI=1S/C7H11FO/c1-3-5-7(6-8)9-4-2/h3,5-6H,4H2,1-2H3/b5-3-,7-6-. The molecule has 0 fully saturated rings. The number of hydrogen-bond donors (Lipinski definition) is 0. The van der Waals surface area contributed by atoms with Gasteiger partial charge in [-0.05, 0) is 19.9 Å². The molecule has 52 valence electrons. The van der Waals surface area contributed by atoms with E-state index in [1.807, 2.05) is 13.8 Å². The summed E-state index contributed by atoms with van der Waals surface area (Å²) in [7, 11) is 0. The molecule has 0 saturated carbocycles. The van der Waals surface area contributed by atoms with E-state index in [0.29, 0.717) is 12.9 Å². The van der Waals surface area contributed by atoms with Crippen molar-refractivity contribution in [2.75, 3.05) is 6.61 Å². The summed E-state index contributed by atoms with van der Waals surface area (Å²) < 4.78 is 16.5. The predicted octanol–water partition coefficient (Wildman–Crippen LogP) is 2.41. The van der Waals surface area contributed by atoms with Crippen molar-refractivity contribution in [1.29, 1.82) is 0 Å². The first-order chi connectivity index (χ1) is 4.35. The van der Waals surface area contributed by atoms with Crippen LogP contribution < -0.4 is 0 Å². The van der Waals surface area contributed by atoms with E-state index in [1.165, 1.54) is 0 Å². The van der Waals surface area contributed by atoms with Gasteiger partial charge in [-0.25, -0.2) is 4.39 Å². The van der Waals surface area contributed by atoms with Gasteiger partial charge in [0.15, 0.2) is 0 Å².